The van der Waals surface area contributed by atoms with Crippen molar-refractivity contribution in [3.63, 3.8) is 0 Å². The number of carboxylic acids is 1. The van der Waals surface area contributed by atoms with Gasteiger partial charge >= 0.3 is 11.9 Å². The van der Waals surface area contributed by atoms with Crippen LogP contribution in [-0.4, -0.2) is 30.7 Å². The Morgan fingerprint density at radius 2 is 2.18 bits per heavy atom. The number of aromatic carboxylic acids is 1. The van der Waals surface area contributed by atoms with Crippen LogP contribution in [0.3, 0.4) is 0 Å². The number of esters is 1. The second-order valence-electron chi connectivity index (χ2n) is 3.51. The fraction of sp³-hybridized carbons (Fsp3) is 0.333. The van der Waals surface area contributed by atoms with Gasteiger partial charge in [0.1, 0.15) is 0 Å². The Hall–Kier alpha value is -1.88. The molecule has 0 aliphatic heterocycles. The van der Waals surface area contributed by atoms with Gasteiger partial charge < -0.3 is 15.2 Å². The number of hydrogen-bond acceptors (Lipinski definition) is 4. The fourth-order valence-corrected chi connectivity index (χ4v) is 1.34. The Bertz CT molecular complexity index is 403. The van der Waals surface area contributed by atoms with Gasteiger partial charge in [0.2, 0.25) is 0 Å². The van der Waals surface area contributed by atoms with Gasteiger partial charge in [0.05, 0.1) is 19.1 Å². The Labute approximate surface area is 99.4 Å². The van der Waals surface area contributed by atoms with Gasteiger partial charge in [-0.15, -0.1) is 0 Å². The number of carboxylic acid groups (broad SMARTS) is 1. The van der Waals surface area contributed by atoms with Crippen molar-refractivity contribution >= 4 is 11.9 Å². The molecule has 0 amide bonds. The normalized spacial score (nSPS) is 9.94. The van der Waals surface area contributed by atoms with Crippen molar-refractivity contribution in [1.82, 2.24) is 5.32 Å². The number of carbonyl (C=O) groups is 2. The average molecular weight is 237 g/mol. The minimum Gasteiger partial charge on any atom is -0.478 e. The molecule has 5 nitrogen and oxygen atoms in total. The van der Waals surface area contributed by atoms with Crippen LogP contribution in [0.4, 0.5) is 0 Å². The molecule has 0 unspecified atom stereocenters. The van der Waals surface area contributed by atoms with Crippen molar-refractivity contribution in [2.75, 3.05) is 13.7 Å². The summed E-state index contributed by atoms with van der Waals surface area (Å²) in [6, 6.07) is 6.67. The van der Waals surface area contributed by atoms with E-state index in [9.17, 15) is 9.59 Å². The van der Waals surface area contributed by atoms with Crippen molar-refractivity contribution in [2.45, 2.75) is 13.0 Å². The molecule has 1 aromatic carbocycles. The first-order chi connectivity index (χ1) is 8.13. The van der Waals surface area contributed by atoms with Gasteiger partial charge in [0.25, 0.3) is 0 Å². The fourth-order valence-electron chi connectivity index (χ4n) is 1.34. The second kappa shape index (κ2) is 6.65. The summed E-state index contributed by atoms with van der Waals surface area (Å²) < 4.78 is 4.50. The lowest BCUT2D eigenvalue weighted by molar-refractivity contribution is -0.140. The van der Waals surface area contributed by atoms with Gasteiger partial charge in [0.15, 0.2) is 0 Å². The van der Waals surface area contributed by atoms with Crippen molar-refractivity contribution < 1.29 is 19.4 Å². The van der Waals surface area contributed by atoms with Crippen LogP contribution in [0, 0.1) is 0 Å². The van der Waals surface area contributed by atoms with E-state index in [1.54, 1.807) is 18.2 Å². The average Bonchev–Trinajstić information content (AvgIpc) is 2.34. The summed E-state index contributed by atoms with van der Waals surface area (Å²) in [6.45, 7) is 1.03. The molecule has 0 saturated heterocycles. The zero-order valence-corrected chi connectivity index (χ0v) is 9.60. The van der Waals surface area contributed by atoms with Crippen molar-refractivity contribution in [1.29, 1.82) is 0 Å². The van der Waals surface area contributed by atoms with Crippen LogP contribution in [-0.2, 0) is 16.1 Å². The maximum atomic E-state index is 10.8. The Kier molecular flexibility index (Phi) is 5.16. The lowest BCUT2D eigenvalue weighted by Crippen LogP contribution is -2.18. The van der Waals surface area contributed by atoms with E-state index in [2.05, 4.69) is 10.1 Å². The van der Waals surface area contributed by atoms with Gasteiger partial charge in [-0.3, -0.25) is 4.79 Å². The van der Waals surface area contributed by atoms with E-state index in [1.165, 1.54) is 7.11 Å². The van der Waals surface area contributed by atoms with E-state index in [4.69, 9.17) is 5.11 Å². The van der Waals surface area contributed by atoms with Crippen LogP contribution in [0.25, 0.3) is 0 Å². The van der Waals surface area contributed by atoms with Crippen LogP contribution in [0.5, 0.6) is 0 Å². The lowest BCUT2D eigenvalue weighted by atomic mass is 10.1. The van der Waals surface area contributed by atoms with Crippen LogP contribution >= 0.6 is 0 Å². The second-order valence-corrected chi connectivity index (χ2v) is 3.51. The maximum Gasteiger partial charge on any atom is 0.335 e. The molecule has 0 fully saturated rings. The minimum absolute atomic E-state index is 0.261. The van der Waals surface area contributed by atoms with Gasteiger partial charge in [-0.05, 0) is 17.7 Å². The van der Waals surface area contributed by atoms with Crippen LogP contribution < -0.4 is 5.32 Å². The summed E-state index contributed by atoms with van der Waals surface area (Å²) in [5, 5.41) is 11.8. The van der Waals surface area contributed by atoms with Gasteiger partial charge in [-0.25, -0.2) is 4.79 Å². The summed E-state index contributed by atoms with van der Waals surface area (Å²) in [5.41, 5.74) is 1.13. The summed E-state index contributed by atoms with van der Waals surface area (Å²) in [5.74, 6) is -1.21. The number of nitrogens with one attached hydrogen (secondary N) is 1. The molecule has 0 atom stereocenters. The first kappa shape index (κ1) is 13.2. The van der Waals surface area contributed by atoms with Crippen LogP contribution in [0.2, 0.25) is 0 Å². The Morgan fingerprint density at radius 1 is 1.41 bits per heavy atom. The summed E-state index contributed by atoms with van der Waals surface area (Å²) in [7, 11) is 1.35. The molecule has 0 aromatic heterocycles. The number of methoxy groups -OCH3 is 1. The molecule has 1 aromatic rings. The molecule has 92 valence electrons. The lowest BCUT2D eigenvalue weighted by Gasteiger charge is -2.05. The third-order valence-corrected chi connectivity index (χ3v) is 2.24. The first-order valence-corrected chi connectivity index (χ1v) is 5.23. The molecule has 0 radical (unpaired) electrons. The molecule has 0 aliphatic carbocycles. The molecular weight excluding hydrogens is 222 g/mol. The predicted octanol–water partition coefficient (Wildman–Crippen LogP) is 1.04. The van der Waals surface area contributed by atoms with Crippen molar-refractivity contribution in [2.24, 2.45) is 0 Å². The summed E-state index contributed by atoms with van der Waals surface area (Å²) >= 11 is 0. The van der Waals surface area contributed by atoms with E-state index in [-0.39, 0.29) is 11.5 Å². The number of carbonyl (C=O) groups excluding carboxylic acids is 1. The molecule has 0 aliphatic rings. The van der Waals surface area contributed by atoms with E-state index in [0.29, 0.717) is 19.5 Å². The molecule has 17 heavy (non-hydrogen) atoms. The maximum absolute atomic E-state index is 10.8. The van der Waals surface area contributed by atoms with Gasteiger partial charge in [-0.2, -0.15) is 0 Å². The number of rotatable bonds is 6. The first-order valence-electron chi connectivity index (χ1n) is 5.23. The Balaban J connectivity index is 2.39. The van der Waals surface area contributed by atoms with E-state index >= 15 is 0 Å². The molecule has 0 spiro atoms. The standard InChI is InChI=1S/C12H15NO4/c1-17-11(14)5-6-13-8-9-3-2-4-10(7-9)12(15)16/h2-4,7,13H,5-6,8H2,1H3,(H,15,16). The number of ether oxygens (including phenoxy) is 1. The smallest absolute Gasteiger partial charge is 0.335 e. The molecular formula is C12H15NO4. The highest BCUT2D eigenvalue weighted by molar-refractivity contribution is 5.87. The monoisotopic (exact) mass is 237 g/mol. The summed E-state index contributed by atoms with van der Waals surface area (Å²) in [4.78, 5) is 21.6. The zero-order chi connectivity index (χ0) is 12.7. The molecule has 2 N–H and O–H groups in total. The molecule has 5 heteroatoms. The molecule has 0 heterocycles. The molecule has 0 saturated carbocycles. The van der Waals surface area contributed by atoms with E-state index < -0.39 is 5.97 Å². The van der Waals surface area contributed by atoms with Gasteiger partial charge in [0, 0.05) is 13.1 Å². The number of hydrogen-bond donors (Lipinski definition) is 2. The van der Waals surface area contributed by atoms with Gasteiger partial charge in [-0.1, -0.05) is 12.1 Å². The molecule has 0 bridgehead atoms. The van der Waals surface area contributed by atoms with Crippen molar-refractivity contribution in [3.8, 4) is 0 Å². The number of benzene rings is 1. The predicted molar refractivity (Wildman–Crippen MR) is 61.7 cm³/mol. The summed E-state index contributed by atoms with van der Waals surface area (Å²) in [6.07, 6.45) is 0.301. The molecule has 1 rings (SSSR count). The van der Waals surface area contributed by atoms with E-state index in [1.807, 2.05) is 6.07 Å². The quantitative estimate of drug-likeness (QED) is 0.571. The highest BCUT2D eigenvalue weighted by Gasteiger charge is 2.03. The highest BCUT2D eigenvalue weighted by Crippen LogP contribution is 2.04. The third-order valence-electron chi connectivity index (χ3n) is 2.24. The Morgan fingerprint density at radius 3 is 2.82 bits per heavy atom. The van der Waals surface area contributed by atoms with E-state index in [0.717, 1.165) is 5.56 Å². The largest absolute Gasteiger partial charge is 0.478 e. The van der Waals surface area contributed by atoms with Crippen LogP contribution in [0.15, 0.2) is 24.3 Å². The third kappa shape index (κ3) is 4.65. The zero-order valence-electron chi connectivity index (χ0n) is 9.60. The topological polar surface area (TPSA) is 75.6 Å². The SMILES string of the molecule is COC(=O)CCNCc1cccc(C(=O)O)c1. The van der Waals surface area contributed by atoms with Crippen LogP contribution in [0.1, 0.15) is 22.3 Å². The van der Waals surface area contributed by atoms with Crippen molar-refractivity contribution in [3.05, 3.63) is 35.4 Å². The minimum atomic E-state index is -0.943. The highest BCUT2D eigenvalue weighted by atomic mass is 16.5.